The van der Waals surface area contributed by atoms with E-state index in [-0.39, 0.29) is 0 Å². The smallest absolute Gasteiger partial charge is 0.0107 e. The molecule has 104 valence electrons. The maximum atomic E-state index is 3.51. The molecule has 0 atom stereocenters. The quantitative estimate of drug-likeness (QED) is 0.632. The molecule has 1 N–H and O–H groups in total. The zero-order valence-corrected chi connectivity index (χ0v) is 12.9. The molecule has 2 heteroatoms. The van der Waals surface area contributed by atoms with Crippen LogP contribution in [0.1, 0.15) is 54.4 Å². The minimum absolute atomic E-state index is 0.604. The van der Waals surface area contributed by atoms with Gasteiger partial charge in [0.2, 0.25) is 0 Å². The molecule has 0 aromatic rings. The van der Waals surface area contributed by atoms with Crippen molar-refractivity contribution in [1.82, 2.24) is 10.2 Å². The number of hydrogen-bond acceptors (Lipinski definition) is 2. The van der Waals surface area contributed by atoms with Crippen LogP contribution in [0.25, 0.3) is 0 Å². The summed E-state index contributed by atoms with van der Waals surface area (Å²) in [6.45, 7) is 18.5. The topological polar surface area (TPSA) is 15.3 Å². The van der Waals surface area contributed by atoms with Gasteiger partial charge in [0.25, 0.3) is 0 Å². The van der Waals surface area contributed by atoms with Crippen LogP contribution in [0.2, 0.25) is 0 Å². The Kier molecular flexibility index (Phi) is 9.85. The normalized spacial score (nSPS) is 12.4. The van der Waals surface area contributed by atoms with Gasteiger partial charge >= 0.3 is 0 Å². The van der Waals surface area contributed by atoms with Gasteiger partial charge in [-0.1, -0.05) is 41.5 Å². The summed E-state index contributed by atoms with van der Waals surface area (Å²) in [6.07, 6.45) is 2.64. The summed E-state index contributed by atoms with van der Waals surface area (Å²) in [6, 6.07) is 0.604. The lowest BCUT2D eigenvalue weighted by Gasteiger charge is -2.24. The van der Waals surface area contributed by atoms with Crippen molar-refractivity contribution < 1.29 is 0 Å². The SMILES string of the molecule is CC(C)CCN(CCNC(C)C)CCC(C)C. The van der Waals surface area contributed by atoms with Crippen molar-refractivity contribution in [2.45, 2.75) is 60.4 Å². The van der Waals surface area contributed by atoms with E-state index >= 15 is 0 Å². The standard InChI is InChI=1S/C15H34N2/c1-13(2)7-10-17(11-8-14(3)4)12-9-16-15(5)6/h13-16H,7-12H2,1-6H3. The van der Waals surface area contributed by atoms with E-state index in [9.17, 15) is 0 Å². The Labute approximate surface area is 109 Å². The van der Waals surface area contributed by atoms with E-state index in [0.717, 1.165) is 18.4 Å². The molecule has 0 spiro atoms. The second-order valence-corrected chi connectivity index (χ2v) is 6.32. The molecule has 0 radical (unpaired) electrons. The van der Waals surface area contributed by atoms with Gasteiger partial charge < -0.3 is 10.2 Å². The molecule has 0 bridgehead atoms. The van der Waals surface area contributed by atoms with E-state index in [1.54, 1.807) is 0 Å². The first-order chi connectivity index (χ1) is 7.91. The maximum Gasteiger partial charge on any atom is 0.0107 e. The van der Waals surface area contributed by atoms with E-state index in [1.165, 1.54) is 32.5 Å². The van der Waals surface area contributed by atoms with Crippen LogP contribution in [0.4, 0.5) is 0 Å². The lowest BCUT2D eigenvalue weighted by atomic mass is 10.1. The summed E-state index contributed by atoms with van der Waals surface area (Å²) in [5.74, 6) is 1.63. The van der Waals surface area contributed by atoms with Crippen molar-refractivity contribution in [3.63, 3.8) is 0 Å². The summed E-state index contributed by atoms with van der Waals surface area (Å²) in [4.78, 5) is 2.62. The van der Waals surface area contributed by atoms with Gasteiger partial charge in [0.15, 0.2) is 0 Å². The van der Waals surface area contributed by atoms with Gasteiger partial charge in [0.05, 0.1) is 0 Å². The summed E-state index contributed by atoms with van der Waals surface area (Å²) >= 11 is 0. The molecule has 0 aliphatic carbocycles. The van der Waals surface area contributed by atoms with Gasteiger partial charge in [-0.05, 0) is 37.8 Å². The zero-order chi connectivity index (χ0) is 13.3. The average molecular weight is 242 g/mol. The zero-order valence-electron chi connectivity index (χ0n) is 12.9. The molecule has 17 heavy (non-hydrogen) atoms. The van der Waals surface area contributed by atoms with Crippen LogP contribution in [0.5, 0.6) is 0 Å². The van der Waals surface area contributed by atoms with Gasteiger partial charge in [-0.25, -0.2) is 0 Å². The Morgan fingerprint density at radius 3 is 1.59 bits per heavy atom. The van der Waals surface area contributed by atoms with Crippen molar-refractivity contribution in [2.75, 3.05) is 26.2 Å². The molecular formula is C15H34N2. The van der Waals surface area contributed by atoms with Crippen molar-refractivity contribution in [3.05, 3.63) is 0 Å². The lowest BCUT2D eigenvalue weighted by molar-refractivity contribution is 0.241. The third-order valence-corrected chi connectivity index (χ3v) is 3.03. The maximum absolute atomic E-state index is 3.51. The minimum atomic E-state index is 0.604. The monoisotopic (exact) mass is 242 g/mol. The predicted octanol–water partition coefficient (Wildman–Crippen LogP) is 3.38. The fourth-order valence-corrected chi connectivity index (χ4v) is 1.73. The second kappa shape index (κ2) is 9.90. The summed E-state index contributed by atoms with van der Waals surface area (Å²) < 4.78 is 0. The average Bonchev–Trinajstić information content (AvgIpc) is 2.20. The van der Waals surface area contributed by atoms with E-state index in [1.807, 2.05) is 0 Å². The van der Waals surface area contributed by atoms with Crippen LogP contribution < -0.4 is 5.32 Å². The van der Waals surface area contributed by atoms with E-state index < -0.39 is 0 Å². The third kappa shape index (κ3) is 12.2. The molecule has 0 saturated carbocycles. The first kappa shape index (κ1) is 16.9. The van der Waals surface area contributed by atoms with Crippen LogP contribution in [0.15, 0.2) is 0 Å². The molecule has 0 unspecified atom stereocenters. The van der Waals surface area contributed by atoms with Crippen molar-refractivity contribution in [3.8, 4) is 0 Å². The third-order valence-electron chi connectivity index (χ3n) is 3.03. The molecule has 0 heterocycles. The minimum Gasteiger partial charge on any atom is -0.313 e. The molecule has 2 nitrogen and oxygen atoms in total. The number of nitrogens with one attached hydrogen (secondary N) is 1. The van der Waals surface area contributed by atoms with Gasteiger partial charge in [0, 0.05) is 19.1 Å². The highest BCUT2D eigenvalue weighted by atomic mass is 15.1. The van der Waals surface area contributed by atoms with Gasteiger partial charge in [-0.2, -0.15) is 0 Å². The molecule has 0 saturated heterocycles. The molecule has 0 aromatic heterocycles. The van der Waals surface area contributed by atoms with E-state index in [4.69, 9.17) is 0 Å². The lowest BCUT2D eigenvalue weighted by Crippen LogP contribution is -2.36. The second-order valence-electron chi connectivity index (χ2n) is 6.32. The molecule has 0 amide bonds. The van der Waals surface area contributed by atoms with Crippen LogP contribution in [-0.2, 0) is 0 Å². The first-order valence-electron chi connectivity index (χ1n) is 7.37. The highest BCUT2D eigenvalue weighted by Gasteiger charge is 2.07. The Morgan fingerprint density at radius 2 is 1.24 bits per heavy atom. The van der Waals surface area contributed by atoms with Gasteiger partial charge in [0.1, 0.15) is 0 Å². The van der Waals surface area contributed by atoms with E-state index in [0.29, 0.717) is 6.04 Å². The fourth-order valence-electron chi connectivity index (χ4n) is 1.73. The Morgan fingerprint density at radius 1 is 0.765 bits per heavy atom. The van der Waals surface area contributed by atoms with Crippen molar-refractivity contribution in [1.29, 1.82) is 0 Å². The van der Waals surface area contributed by atoms with Gasteiger partial charge in [-0.15, -0.1) is 0 Å². The summed E-state index contributed by atoms with van der Waals surface area (Å²) in [5, 5.41) is 3.51. The Balaban J connectivity index is 3.84. The number of nitrogens with zero attached hydrogens (tertiary/aromatic N) is 1. The fraction of sp³-hybridized carbons (Fsp3) is 1.00. The molecule has 0 rings (SSSR count). The number of rotatable bonds is 10. The first-order valence-corrected chi connectivity index (χ1v) is 7.37. The highest BCUT2D eigenvalue weighted by molar-refractivity contribution is 4.64. The molecular weight excluding hydrogens is 208 g/mol. The largest absolute Gasteiger partial charge is 0.313 e. The van der Waals surface area contributed by atoms with Crippen LogP contribution in [-0.4, -0.2) is 37.1 Å². The molecule has 0 fully saturated rings. The van der Waals surface area contributed by atoms with Crippen molar-refractivity contribution >= 4 is 0 Å². The molecule has 0 aromatic carbocycles. The molecule has 0 aliphatic rings. The summed E-state index contributed by atoms with van der Waals surface area (Å²) in [7, 11) is 0. The van der Waals surface area contributed by atoms with Crippen LogP contribution >= 0.6 is 0 Å². The van der Waals surface area contributed by atoms with E-state index in [2.05, 4.69) is 51.8 Å². The van der Waals surface area contributed by atoms with Crippen LogP contribution in [0, 0.1) is 11.8 Å². The van der Waals surface area contributed by atoms with Crippen molar-refractivity contribution in [2.24, 2.45) is 11.8 Å². The Hall–Kier alpha value is -0.0800. The summed E-state index contributed by atoms with van der Waals surface area (Å²) in [5.41, 5.74) is 0. The van der Waals surface area contributed by atoms with Gasteiger partial charge in [-0.3, -0.25) is 0 Å². The Bertz CT molecular complexity index is 152. The highest BCUT2D eigenvalue weighted by Crippen LogP contribution is 2.06. The van der Waals surface area contributed by atoms with Crippen LogP contribution in [0.3, 0.4) is 0 Å². The molecule has 0 aliphatic heterocycles. The predicted molar refractivity (Wildman–Crippen MR) is 78.5 cm³/mol. The number of hydrogen-bond donors (Lipinski definition) is 1.